The molecule has 2 aromatic rings. The average molecular weight is 404 g/mol. The highest BCUT2D eigenvalue weighted by atomic mass is 32.2. The summed E-state index contributed by atoms with van der Waals surface area (Å²) in [5, 5.41) is 12.6. The van der Waals surface area contributed by atoms with Crippen molar-refractivity contribution >= 4 is 23.6 Å². The number of hydrogen-bond donors (Lipinski definition) is 1. The van der Waals surface area contributed by atoms with E-state index in [2.05, 4.69) is 44.0 Å². The lowest BCUT2D eigenvalue weighted by Crippen LogP contribution is -2.41. The highest BCUT2D eigenvalue weighted by molar-refractivity contribution is 7.99. The Hall–Kier alpha value is -2.06. The van der Waals surface area contributed by atoms with E-state index in [4.69, 9.17) is 4.74 Å². The van der Waals surface area contributed by atoms with Gasteiger partial charge in [-0.1, -0.05) is 36.9 Å². The first kappa shape index (κ1) is 20.7. The third-order valence-electron chi connectivity index (χ3n) is 4.37. The summed E-state index contributed by atoms with van der Waals surface area (Å²) < 4.78 is 7.57. The summed E-state index contributed by atoms with van der Waals surface area (Å²) in [6.07, 6.45) is 0.908. The first-order chi connectivity index (χ1) is 13.4. The smallest absolute Gasteiger partial charge is 0.232 e. The van der Waals surface area contributed by atoms with Crippen LogP contribution in [0.1, 0.15) is 33.3 Å². The molecule has 1 saturated heterocycles. The second-order valence-corrected chi connectivity index (χ2v) is 8.73. The van der Waals surface area contributed by atoms with Crippen molar-refractivity contribution in [2.75, 3.05) is 37.0 Å². The van der Waals surface area contributed by atoms with Crippen LogP contribution in [0.15, 0.2) is 29.4 Å². The maximum atomic E-state index is 12.3. The van der Waals surface area contributed by atoms with Gasteiger partial charge in [0, 0.05) is 18.6 Å². The van der Waals surface area contributed by atoms with Gasteiger partial charge in [-0.3, -0.25) is 9.36 Å². The summed E-state index contributed by atoms with van der Waals surface area (Å²) in [7, 11) is 0. The van der Waals surface area contributed by atoms with Crippen LogP contribution in [0.2, 0.25) is 0 Å². The minimum absolute atomic E-state index is 0.0104. The maximum Gasteiger partial charge on any atom is 0.232 e. The number of rotatable bonds is 6. The number of ether oxygens (including phenoxy) is 1. The van der Waals surface area contributed by atoms with Crippen LogP contribution < -0.4 is 10.2 Å². The molecular weight excluding hydrogens is 374 g/mol. The quantitative estimate of drug-likeness (QED) is 0.748. The zero-order valence-electron chi connectivity index (χ0n) is 17.1. The van der Waals surface area contributed by atoms with Gasteiger partial charge in [0.05, 0.1) is 24.7 Å². The van der Waals surface area contributed by atoms with Crippen LogP contribution in [0.25, 0.3) is 5.69 Å². The van der Waals surface area contributed by atoms with E-state index in [1.807, 2.05) is 32.9 Å². The Balaban J connectivity index is 1.91. The lowest BCUT2D eigenvalue weighted by atomic mass is 10.1. The largest absolute Gasteiger partial charge is 0.378 e. The summed E-state index contributed by atoms with van der Waals surface area (Å²) in [4.78, 5) is 14.5. The van der Waals surface area contributed by atoms with E-state index in [-0.39, 0.29) is 11.4 Å². The average Bonchev–Trinajstić information content (AvgIpc) is 3.09. The molecule has 1 aliphatic rings. The third-order valence-corrected chi connectivity index (χ3v) is 5.30. The van der Waals surface area contributed by atoms with E-state index in [9.17, 15) is 4.79 Å². The summed E-state index contributed by atoms with van der Waals surface area (Å²) in [6.45, 7) is 11.0. The van der Waals surface area contributed by atoms with Crippen molar-refractivity contribution in [2.24, 2.45) is 0 Å². The SMILES string of the molecule is CCc1ccccc1-n1c(SCC(=O)NC(C)(C)C)nnc1N1CCOCC1. The van der Waals surface area contributed by atoms with Gasteiger partial charge in [-0.25, -0.2) is 0 Å². The van der Waals surface area contributed by atoms with Gasteiger partial charge < -0.3 is 15.0 Å². The molecule has 0 atom stereocenters. The summed E-state index contributed by atoms with van der Waals surface area (Å²) >= 11 is 1.41. The van der Waals surface area contributed by atoms with Gasteiger partial charge in [0.2, 0.25) is 11.9 Å². The second kappa shape index (κ2) is 8.96. The van der Waals surface area contributed by atoms with Gasteiger partial charge in [0.25, 0.3) is 0 Å². The van der Waals surface area contributed by atoms with Crippen LogP contribution in [0.4, 0.5) is 5.95 Å². The molecule has 0 radical (unpaired) electrons. The molecule has 2 heterocycles. The van der Waals surface area contributed by atoms with E-state index in [0.29, 0.717) is 19.0 Å². The Kier molecular flexibility index (Phi) is 6.61. The van der Waals surface area contributed by atoms with Crippen LogP contribution >= 0.6 is 11.8 Å². The van der Waals surface area contributed by atoms with E-state index < -0.39 is 0 Å². The third kappa shape index (κ3) is 5.05. The number of amides is 1. The highest BCUT2D eigenvalue weighted by Crippen LogP contribution is 2.29. The Labute approximate surface area is 170 Å². The number of nitrogens with one attached hydrogen (secondary N) is 1. The van der Waals surface area contributed by atoms with Crippen molar-refractivity contribution in [1.82, 2.24) is 20.1 Å². The molecule has 3 rings (SSSR count). The Morgan fingerprint density at radius 2 is 1.93 bits per heavy atom. The molecule has 0 spiro atoms. The number of benzene rings is 1. The van der Waals surface area contributed by atoms with Crippen LogP contribution in [0, 0.1) is 0 Å². The minimum Gasteiger partial charge on any atom is -0.378 e. The van der Waals surface area contributed by atoms with Gasteiger partial charge in [-0.05, 0) is 38.8 Å². The second-order valence-electron chi connectivity index (χ2n) is 7.79. The number of carbonyl (C=O) groups excluding carboxylic acids is 1. The number of hydrogen-bond acceptors (Lipinski definition) is 6. The molecule has 8 heteroatoms. The zero-order chi connectivity index (χ0) is 20.1. The van der Waals surface area contributed by atoms with Gasteiger partial charge in [0.15, 0.2) is 5.16 Å². The molecule has 0 saturated carbocycles. The van der Waals surface area contributed by atoms with Gasteiger partial charge in [-0.2, -0.15) is 0 Å². The van der Waals surface area contributed by atoms with Gasteiger partial charge in [-0.15, -0.1) is 10.2 Å². The van der Waals surface area contributed by atoms with Crippen molar-refractivity contribution in [3.8, 4) is 5.69 Å². The van der Waals surface area contributed by atoms with E-state index >= 15 is 0 Å². The number of nitrogens with zero attached hydrogens (tertiary/aromatic N) is 4. The number of morpholine rings is 1. The standard InChI is InChI=1S/C20H29N5O2S/c1-5-15-8-6-7-9-16(15)25-18(24-10-12-27-13-11-24)22-23-19(25)28-14-17(26)21-20(2,3)4/h6-9H,5,10-14H2,1-4H3,(H,21,26). The summed E-state index contributed by atoms with van der Waals surface area (Å²) in [5.74, 6) is 1.10. The van der Waals surface area contributed by atoms with Gasteiger partial charge >= 0.3 is 0 Å². The van der Waals surface area contributed by atoms with Crippen molar-refractivity contribution < 1.29 is 9.53 Å². The lowest BCUT2D eigenvalue weighted by Gasteiger charge is -2.28. The fourth-order valence-electron chi connectivity index (χ4n) is 3.15. The van der Waals surface area contributed by atoms with Crippen molar-refractivity contribution in [2.45, 2.75) is 44.8 Å². The fraction of sp³-hybridized carbons (Fsp3) is 0.550. The Morgan fingerprint density at radius 1 is 1.21 bits per heavy atom. The molecule has 28 heavy (non-hydrogen) atoms. The van der Waals surface area contributed by atoms with Crippen LogP contribution in [0.3, 0.4) is 0 Å². The highest BCUT2D eigenvalue weighted by Gasteiger charge is 2.24. The Morgan fingerprint density at radius 3 is 2.61 bits per heavy atom. The molecular formula is C20H29N5O2S. The number of aryl methyl sites for hydroxylation is 1. The van der Waals surface area contributed by atoms with Crippen molar-refractivity contribution in [3.63, 3.8) is 0 Å². The number of para-hydroxylation sites is 1. The maximum absolute atomic E-state index is 12.3. The molecule has 0 unspecified atom stereocenters. The van der Waals surface area contributed by atoms with Crippen LogP contribution in [-0.4, -0.2) is 58.3 Å². The molecule has 1 N–H and O–H groups in total. The van der Waals surface area contributed by atoms with Crippen molar-refractivity contribution in [3.05, 3.63) is 29.8 Å². The number of anilines is 1. The molecule has 1 aromatic carbocycles. The normalized spacial score (nSPS) is 14.9. The predicted octanol–water partition coefficient (Wildman–Crippen LogP) is 2.67. The van der Waals surface area contributed by atoms with Crippen LogP contribution in [0.5, 0.6) is 0 Å². The molecule has 1 fully saturated rings. The zero-order valence-corrected chi connectivity index (χ0v) is 17.9. The molecule has 7 nitrogen and oxygen atoms in total. The number of carbonyl (C=O) groups is 1. The minimum atomic E-state index is -0.251. The fourth-order valence-corrected chi connectivity index (χ4v) is 3.89. The Bertz CT molecular complexity index is 809. The van der Waals surface area contributed by atoms with Crippen LogP contribution in [-0.2, 0) is 16.0 Å². The van der Waals surface area contributed by atoms with E-state index in [0.717, 1.165) is 36.3 Å². The molecule has 1 aromatic heterocycles. The molecule has 0 aliphatic carbocycles. The van der Waals surface area contributed by atoms with Gasteiger partial charge in [0.1, 0.15) is 0 Å². The first-order valence-corrected chi connectivity index (χ1v) is 10.7. The summed E-state index contributed by atoms with van der Waals surface area (Å²) in [5.41, 5.74) is 2.03. The van der Waals surface area contributed by atoms with Crippen molar-refractivity contribution in [1.29, 1.82) is 0 Å². The number of thioether (sulfide) groups is 1. The van der Waals surface area contributed by atoms with E-state index in [1.165, 1.54) is 17.3 Å². The molecule has 0 bridgehead atoms. The number of aromatic nitrogens is 3. The predicted molar refractivity (Wildman–Crippen MR) is 112 cm³/mol. The molecule has 1 amide bonds. The summed E-state index contributed by atoms with van der Waals surface area (Å²) in [6, 6.07) is 8.29. The lowest BCUT2D eigenvalue weighted by molar-refractivity contribution is -0.119. The first-order valence-electron chi connectivity index (χ1n) is 9.69. The molecule has 152 valence electrons. The topological polar surface area (TPSA) is 72.3 Å². The monoisotopic (exact) mass is 403 g/mol. The van der Waals surface area contributed by atoms with E-state index in [1.54, 1.807) is 0 Å². The molecule has 1 aliphatic heterocycles.